The molecular formula is C14H21ClFNO. The molecule has 1 atom stereocenters. The van der Waals surface area contributed by atoms with E-state index < -0.39 is 0 Å². The van der Waals surface area contributed by atoms with Gasteiger partial charge >= 0.3 is 0 Å². The lowest BCUT2D eigenvalue weighted by Gasteiger charge is -2.19. The van der Waals surface area contributed by atoms with Crippen molar-refractivity contribution in [3.05, 3.63) is 34.6 Å². The van der Waals surface area contributed by atoms with Gasteiger partial charge in [0.1, 0.15) is 5.82 Å². The highest BCUT2D eigenvalue weighted by atomic mass is 35.5. The molecule has 0 saturated heterocycles. The number of halogens is 2. The largest absolute Gasteiger partial charge is 0.381 e. The smallest absolute Gasteiger partial charge is 0.123 e. The summed E-state index contributed by atoms with van der Waals surface area (Å²) in [6.07, 6.45) is 1.80. The molecule has 18 heavy (non-hydrogen) atoms. The molecule has 0 amide bonds. The number of hydrogen-bond donors (Lipinski definition) is 1. The Morgan fingerprint density at radius 1 is 1.33 bits per heavy atom. The van der Waals surface area contributed by atoms with Gasteiger partial charge in [-0.15, -0.1) is 0 Å². The molecule has 0 saturated carbocycles. The van der Waals surface area contributed by atoms with Gasteiger partial charge in [0.2, 0.25) is 0 Å². The van der Waals surface area contributed by atoms with E-state index in [1.165, 1.54) is 12.1 Å². The maximum atomic E-state index is 13.3. The summed E-state index contributed by atoms with van der Waals surface area (Å²) in [6, 6.07) is 4.51. The maximum absolute atomic E-state index is 13.3. The van der Waals surface area contributed by atoms with E-state index in [0.29, 0.717) is 11.6 Å². The lowest BCUT2D eigenvalue weighted by molar-refractivity contribution is 0.124. The summed E-state index contributed by atoms with van der Waals surface area (Å²) in [5, 5.41) is 3.91. The van der Waals surface area contributed by atoms with Crippen molar-refractivity contribution in [3.63, 3.8) is 0 Å². The molecule has 102 valence electrons. The van der Waals surface area contributed by atoms with Crippen molar-refractivity contribution in [2.45, 2.75) is 32.7 Å². The van der Waals surface area contributed by atoms with Crippen LogP contribution >= 0.6 is 11.6 Å². The van der Waals surface area contributed by atoms with E-state index in [2.05, 4.69) is 12.2 Å². The highest BCUT2D eigenvalue weighted by molar-refractivity contribution is 6.31. The van der Waals surface area contributed by atoms with Crippen LogP contribution < -0.4 is 5.32 Å². The zero-order valence-electron chi connectivity index (χ0n) is 11.0. The summed E-state index contributed by atoms with van der Waals surface area (Å²) in [6.45, 7) is 6.32. The van der Waals surface area contributed by atoms with E-state index in [-0.39, 0.29) is 11.9 Å². The van der Waals surface area contributed by atoms with E-state index in [9.17, 15) is 4.39 Å². The first-order valence-electron chi connectivity index (χ1n) is 6.45. The molecule has 2 nitrogen and oxygen atoms in total. The van der Waals surface area contributed by atoms with Crippen molar-refractivity contribution in [2.75, 3.05) is 19.8 Å². The number of benzene rings is 1. The van der Waals surface area contributed by atoms with E-state index in [0.717, 1.165) is 31.6 Å². The summed E-state index contributed by atoms with van der Waals surface area (Å²) >= 11 is 6.12. The number of hydrogen-bond acceptors (Lipinski definition) is 2. The van der Waals surface area contributed by atoms with Crippen LogP contribution in [-0.4, -0.2) is 19.8 Å². The highest BCUT2D eigenvalue weighted by Crippen LogP contribution is 2.26. The highest BCUT2D eigenvalue weighted by Gasteiger charge is 2.14. The summed E-state index contributed by atoms with van der Waals surface area (Å²) < 4.78 is 18.7. The average molecular weight is 274 g/mol. The molecule has 0 bridgehead atoms. The molecule has 1 rings (SSSR count). The molecule has 0 heterocycles. The molecule has 1 N–H and O–H groups in total. The molecule has 0 aliphatic rings. The Bertz CT molecular complexity index is 360. The zero-order valence-corrected chi connectivity index (χ0v) is 11.8. The van der Waals surface area contributed by atoms with E-state index >= 15 is 0 Å². The third-order valence-corrected chi connectivity index (χ3v) is 3.03. The molecular weight excluding hydrogens is 253 g/mol. The standard InChI is InChI=1S/C14H21ClFNO/c1-3-8-18-9-7-14(17-4-2)12-10-11(16)5-6-13(12)15/h5-6,10,14,17H,3-4,7-9H2,1-2H3. The minimum absolute atomic E-state index is 0.0371. The fourth-order valence-corrected chi connectivity index (χ4v) is 2.09. The van der Waals surface area contributed by atoms with E-state index in [4.69, 9.17) is 16.3 Å². The molecule has 0 radical (unpaired) electrons. The molecule has 1 aromatic rings. The zero-order chi connectivity index (χ0) is 13.4. The molecule has 1 unspecified atom stereocenters. The van der Waals surface area contributed by atoms with Gasteiger partial charge in [-0.1, -0.05) is 25.4 Å². The van der Waals surface area contributed by atoms with Gasteiger partial charge in [-0.05, 0) is 43.1 Å². The third-order valence-electron chi connectivity index (χ3n) is 2.68. The predicted octanol–water partition coefficient (Wildman–Crippen LogP) is 3.95. The Morgan fingerprint density at radius 2 is 2.11 bits per heavy atom. The van der Waals surface area contributed by atoms with Gasteiger partial charge in [0.25, 0.3) is 0 Å². The minimum atomic E-state index is -0.258. The van der Waals surface area contributed by atoms with Gasteiger partial charge < -0.3 is 10.1 Å². The SMILES string of the molecule is CCCOCCC(NCC)c1cc(F)ccc1Cl. The second kappa shape index (κ2) is 8.46. The van der Waals surface area contributed by atoms with Crippen molar-refractivity contribution in [1.82, 2.24) is 5.32 Å². The van der Waals surface area contributed by atoms with Crippen LogP contribution in [0.15, 0.2) is 18.2 Å². The van der Waals surface area contributed by atoms with Gasteiger partial charge in [-0.25, -0.2) is 4.39 Å². The quantitative estimate of drug-likeness (QED) is 0.724. The van der Waals surface area contributed by atoms with Crippen molar-refractivity contribution >= 4 is 11.6 Å². The monoisotopic (exact) mass is 273 g/mol. The van der Waals surface area contributed by atoms with Crippen LogP contribution in [0.2, 0.25) is 5.02 Å². The van der Waals surface area contributed by atoms with Crippen LogP contribution in [0.25, 0.3) is 0 Å². The lowest BCUT2D eigenvalue weighted by atomic mass is 10.0. The van der Waals surface area contributed by atoms with Crippen molar-refractivity contribution in [3.8, 4) is 0 Å². The minimum Gasteiger partial charge on any atom is -0.381 e. The van der Waals surface area contributed by atoms with Crippen LogP contribution in [0.3, 0.4) is 0 Å². The lowest BCUT2D eigenvalue weighted by Crippen LogP contribution is -2.23. The number of rotatable bonds is 8. The van der Waals surface area contributed by atoms with Crippen molar-refractivity contribution in [1.29, 1.82) is 0 Å². The molecule has 0 aromatic heterocycles. The Kier molecular flexibility index (Phi) is 7.25. The first-order chi connectivity index (χ1) is 8.69. The van der Waals surface area contributed by atoms with Crippen LogP contribution in [0, 0.1) is 5.82 Å². The maximum Gasteiger partial charge on any atom is 0.123 e. The van der Waals surface area contributed by atoms with Crippen molar-refractivity contribution in [2.24, 2.45) is 0 Å². The number of ether oxygens (including phenoxy) is 1. The summed E-state index contributed by atoms with van der Waals surface area (Å²) in [5.74, 6) is -0.258. The molecule has 0 fully saturated rings. The first kappa shape index (κ1) is 15.4. The van der Waals surface area contributed by atoms with Gasteiger partial charge in [-0.3, -0.25) is 0 Å². The van der Waals surface area contributed by atoms with Gasteiger partial charge in [0, 0.05) is 24.3 Å². The van der Waals surface area contributed by atoms with E-state index in [1.54, 1.807) is 6.07 Å². The second-order valence-corrected chi connectivity index (χ2v) is 4.58. The van der Waals surface area contributed by atoms with Gasteiger partial charge in [0.15, 0.2) is 0 Å². The Hall–Kier alpha value is -0.640. The topological polar surface area (TPSA) is 21.3 Å². The van der Waals surface area contributed by atoms with Crippen LogP contribution in [0.4, 0.5) is 4.39 Å². The fourth-order valence-electron chi connectivity index (χ4n) is 1.84. The van der Waals surface area contributed by atoms with E-state index in [1.807, 2.05) is 6.92 Å². The summed E-state index contributed by atoms with van der Waals surface area (Å²) in [4.78, 5) is 0. The first-order valence-corrected chi connectivity index (χ1v) is 6.82. The van der Waals surface area contributed by atoms with Crippen LogP contribution in [-0.2, 0) is 4.74 Å². The summed E-state index contributed by atoms with van der Waals surface area (Å²) in [7, 11) is 0. The predicted molar refractivity (Wildman–Crippen MR) is 73.6 cm³/mol. The summed E-state index contributed by atoms with van der Waals surface area (Å²) in [5.41, 5.74) is 0.804. The Labute approximate surface area is 113 Å². The molecule has 0 spiro atoms. The number of nitrogens with one attached hydrogen (secondary N) is 1. The fraction of sp³-hybridized carbons (Fsp3) is 0.571. The Balaban J connectivity index is 2.67. The van der Waals surface area contributed by atoms with Gasteiger partial charge in [0.05, 0.1) is 0 Å². The molecule has 0 aliphatic heterocycles. The molecule has 1 aromatic carbocycles. The van der Waals surface area contributed by atoms with Crippen molar-refractivity contribution < 1.29 is 9.13 Å². The second-order valence-electron chi connectivity index (χ2n) is 4.18. The van der Waals surface area contributed by atoms with Gasteiger partial charge in [-0.2, -0.15) is 0 Å². The third kappa shape index (κ3) is 4.92. The molecule has 4 heteroatoms. The average Bonchev–Trinajstić information content (AvgIpc) is 2.36. The van der Waals surface area contributed by atoms with Crippen LogP contribution in [0.5, 0.6) is 0 Å². The molecule has 0 aliphatic carbocycles. The van der Waals surface area contributed by atoms with Crippen LogP contribution in [0.1, 0.15) is 38.3 Å². The Morgan fingerprint density at radius 3 is 2.78 bits per heavy atom. The normalized spacial score (nSPS) is 12.7.